The molecule has 2 aromatic carbocycles. The molecule has 0 aliphatic heterocycles. The largest absolute Gasteiger partial charge is 0.527 e. The van der Waals surface area contributed by atoms with Crippen LogP contribution in [0.4, 0.5) is 0 Å². The van der Waals surface area contributed by atoms with Crippen LogP contribution in [-0.4, -0.2) is 0 Å². The summed E-state index contributed by atoms with van der Waals surface area (Å²) in [6.07, 6.45) is 0. The maximum atomic E-state index is 12.5. The van der Waals surface area contributed by atoms with Gasteiger partial charge >= 0.3 is 7.75 Å². The van der Waals surface area contributed by atoms with E-state index in [4.69, 9.17) is 14.9 Å². The second-order valence-electron chi connectivity index (χ2n) is 3.56. The summed E-state index contributed by atoms with van der Waals surface area (Å²) < 4.78 is 23.1. The lowest BCUT2D eigenvalue weighted by Gasteiger charge is -2.19. The molecule has 0 fully saturated rings. The Balaban J connectivity index is 2.16. The summed E-state index contributed by atoms with van der Waals surface area (Å²) in [5.74, 6) is 5.94. The lowest BCUT2D eigenvalue weighted by molar-refractivity contribution is 0.360. The summed E-state index contributed by atoms with van der Waals surface area (Å²) in [5, 5.41) is 2.29. The highest BCUT2D eigenvalue weighted by atomic mass is 31.2. The topological polar surface area (TPSA) is 85.6 Å². The molecule has 0 aliphatic rings. The van der Waals surface area contributed by atoms with Gasteiger partial charge in [0.2, 0.25) is 0 Å². The molecular formula is C12H14N3O3P. The van der Waals surface area contributed by atoms with Gasteiger partial charge in [-0.1, -0.05) is 36.4 Å². The molecular weight excluding hydrogens is 265 g/mol. The highest BCUT2D eigenvalue weighted by Crippen LogP contribution is 2.43. The molecule has 6 nitrogen and oxygen atoms in total. The summed E-state index contributed by atoms with van der Waals surface area (Å²) in [6, 6.07) is 17.4. The molecule has 0 saturated carbocycles. The van der Waals surface area contributed by atoms with Crippen LogP contribution in [0.1, 0.15) is 0 Å². The predicted octanol–water partition coefficient (Wildman–Crippen LogP) is 2.22. The van der Waals surface area contributed by atoms with Crippen LogP contribution < -0.4 is 25.6 Å². The molecule has 0 spiro atoms. The van der Waals surface area contributed by atoms with Crippen molar-refractivity contribution >= 4 is 7.75 Å². The van der Waals surface area contributed by atoms with Crippen LogP contribution in [0, 0.1) is 0 Å². The fourth-order valence-electron chi connectivity index (χ4n) is 1.38. The monoisotopic (exact) mass is 279 g/mol. The number of nitrogens with one attached hydrogen (secondary N) is 2. The molecule has 0 atom stereocenters. The van der Waals surface area contributed by atoms with E-state index in [0.29, 0.717) is 11.5 Å². The minimum Gasteiger partial charge on any atom is -0.404 e. The Kier molecular flexibility index (Phi) is 4.54. The van der Waals surface area contributed by atoms with Crippen molar-refractivity contribution < 1.29 is 13.6 Å². The molecule has 0 aromatic heterocycles. The Labute approximate surface area is 111 Å². The molecule has 100 valence electrons. The van der Waals surface area contributed by atoms with E-state index in [1.165, 1.54) is 0 Å². The van der Waals surface area contributed by atoms with Crippen molar-refractivity contribution in [3.8, 4) is 11.5 Å². The lowest BCUT2D eigenvalue weighted by atomic mass is 10.3. The number of hydrogen-bond acceptors (Lipinski definition) is 5. The van der Waals surface area contributed by atoms with Gasteiger partial charge in [-0.3, -0.25) is 5.84 Å². The SMILES string of the molecule is NNNP(=O)(Oc1ccccc1)Oc1ccccc1. The van der Waals surface area contributed by atoms with Gasteiger partial charge in [-0.05, 0) is 24.3 Å². The van der Waals surface area contributed by atoms with Gasteiger partial charge in [0.25, 0.3) is 0 Å². The van der Waals surface area contributed by atoms with E-state index < -0.39 is 7.75 Å². The van der Waals surface area contributed by atoms with Crippen LogP contribution in [0.15, 0.2) is 60.7 Å². The summed E-state index contributed by atoms with van der Waals surface area (Å²) in [5.41, 5.74) is 2.09. The molecule has 0 saturated heterocycles. The van der Waals surface area contributed by atoms with E-state index in [9.17, 15) is 4.57 Å². The molecule has 19 heavy (non-hydrogen) atoms. The molecule has 0 aliphatic carbocycles. The van der Waals surface area contributed by atoms with Crippen molar-refractivity contribution in [2.75, 3.05) is 0 Å². The highest BCUT2D eigenvalue weighted by Gasteiger charge is 2.27. The standard InChI is InChI=1S/C12H14N3O3P/c13-14-15-19(16,17-11-7-3-1-4-8-11)18-12-9-5-2-6-10-12/h1-10,14H,13H2,(H,15,16). The second kappa shape index (κ2) is 6.36. The van der Waals surface area contributed by atoms with E-state index in [-0.39, 0.29) is 0 Å². The molecule has 0 unspecified atom stereocenters. The Morgan fingerprint density at radius 2 is 1.26 bits per heavy atom. The maximum Gasteiger partial charge on any atom is 0.527 e. The van der Waals surface area contributed by atoms with Crippen LogP contribution in [0.5, 0.6) is 11.5 Å². The molecule has 2 rings (SSSR count). The van der Waals surface area contributed by atoms with Crippen LogP contribution in [0.2, 0.25) is 0 Å². The fraction of sp³-hybridized carbons (Fsp3) is 0. The minimum atomic E-state index is -3.65. The third-order valence-electron chi connectivity index (χ3n) is 2.14. The summed E-state index contributed by atoms with van der Waals surface area (Å²) in [6.45, 7) is 0. The zero-order valence-corrected chi connectivity index (χ0v) is 10.9. The van der Waals surface area contributed by atoms with Crippen LogP contribution in [-0.2, 0) is 4.57 Å². The number of hydrogen-bond donors (Lipinski definition) is 3. The Hall–Kier alpha value is -1.85. The normalized spacial score (nSPS) is 11.0. The van der Waals surface area contributed by atoms with Crippen LogP contribution in [0.25, 0.3) is 0 Å². The van der Waals surface area contributed by atoms with E-state index in [0.717, 1.165) is 0 Å². The third kappa shape index (κ3) is 4.08. The molecule has 0 bridgehead atoms. The highest BCUT2D eigenvalue weighted by molar-refractivity contribution is 7.52. The van der Waals surface area contributed by atoms with E-state index in [1.54, 1.807) is 48.5 Å². The molecule has 0 amide bonds. The van der Waals surface area contributed by atoms with Crippen LogP contribution in [0.3, 0.4) is 0 Å². The Morgan fingerprint density at radius 1 is 0.842 bits per heavy atom. The zero-order chi connectivity index (χ0) is 13.6. The van der Waals surface area contributed by atoms with Crippen molar-refractivity contribution in [2.45, 2.75) is 0 Å². The predicted molar refractivity (Wildman–Crippen MR) is 72.2 cm³/mol. The number of benzene rings is 2. The maximum absolute atomic E-state index is 12.5. The van der Waals surface area contributed by atoms with Crippen molar-refractivity contribution in [1.29, 1.82) is 0 Å². The Bertz CT molecular complexity index is 505. The molecule has 0 heterocycles. The zero-order valence-electron chi connectivity index (χ0n) is 10.0. The average molecular weight is 279 g/mol. The minimum absolute atomic E-state index is 0.407. The Morgan fingerprint density at radius 3 is 1.63 bits per heavy atom. The molecule has 0 radical (unpaired) electrons. The summed E-state index contributed by atoms with van der Waals surface area (Å²) in [4.78, 5) is 0. The van der Waals surface area contributed by atoms with Gasteiger partial charge in [-0.2, -0.15) is 5.53 Å². The fourth-order valence-corrected chi connectivity index (χ4v) is 2.47. The number of rotatable bonds is 6. The first-order valence-corrected chi connectivity index (χ1v) is 7.08. The van der Waals surface area contributed by atoms with Gasteiger partial charge in [-0.25, -0.2) is 4.57 Å². The molecule has 7 heteroatoms. The quantitative estimate of drug-likeness (QED) is 0.427. The third-order valence-corrected chi connectivity index (χ3v) is 3.44. The first-order chi connectivity index (χ1) is 9.22. The van der Waals surface area contributed by atoms with Crippen molar-refractivity contribution in [2.24, 2.45) is 5.84 Å². The summed E-state index contributed by atoms with van der Waals surface area (Å²) >= 11 is 0. The molecule has 2 aromatic rings. The van der Waals surface area contributed by atoms with E-state index in [2.05, 4.69) is 10.7 Å². The van der Waals surface area contributed by atoms with Crippen LogP contribution >= 0.6 is 7.75 Å². The van der Waals surface area contributed by atoms with Crippen molar-refractivity contribution in [1.82, 2.24) is 10.7 Å². The van der Waals surface area contributed by atoms with Gasteiger partial charge in [0.15, 0.2) is 0 Å². The first-order valence-electron chi connectivity index (χ1n) is 5.54. The average Bonchev–Trinajstić information content (AvgIpc) is 2.41. The number of nitrogens with two attached hydrogens (primary N) is 1. The second-order valence-corrected chi connectivity index (χ2v) is 5.15. The van der Waals surface area contributed by atoms with Crippen molar-refractivity contribution in [3.63, 3.8) is 0 Å². The van der Waals surface area contributed by atoms with Gasteiger partial charge in [0.1, 0.15) is 11.5 Å². The van der Waals surface area contributed by atoms with Gasteiger partial charge in [0.05, 0.1) is 0 Å². The van der Waals surface area contributed by atoms with E-state index in [1.807, 2.05) is 12.1 Å². The van der Waals surface area contributed by atoms with E-state index >= 15 is 0 Å². The van der Waals surface area contributed by atoms with Crippen molar-refractivity contribution in [3.05, 3.63) is 60.7 Å². The summed E-state index contributed by atoms with van der Waals surface area (Å²) in [7, 11) is -3.65. The van der Waals surface area contributed by atoms with Gasteiger partial charge in [-0.15, -0.1) is 5.20 Å². The van der Waals surface area contributed by atoms with Gasteiger partial charge in [0, 0.05) is 0 Å². The smallest absolute Gasteiger partial charge is 0.404 e. The van der Waals surface area contributed by atoms with Gasteiger partial charge < -0.3 is 9.05 Å². The lowest BCUT2D eigenvalue weighted by Crippen LogP contribution is -2.37. The molecule has 4 N–H and O–H groups in total. The number of hydrazine groups is 2. The number of para-hydroxylation sites is 2. The first kappa shape index (κ1) is 13.6.